The number of ether oxygens (including phenoxy) is 3. The number of pyridine rings is 1. The first-order valence-corrected chi connectivity index (χ1v) is 17.0. The summed E-state index contributed by atoms with van der Waals surface area (Å²) in [6.07, 6.45) is 3.14. The number of methoxy groups -OCH3 is 3. The summed E-state index contributed by atoms with van der Waals surface area (Å²) in [7, 11) is 4.85. The zero-order valence-electron chi connectivity index (χ0n) is 28.5. The van der Waals surface area contributed by atoms with Gasteiger partial charge in [-0.2, -0.15) is 0 Å². The van der Waals surface area contributed by atoms with E-state index in [0.29, 0.717) is 68.7 Å². The molecule has 2 aromatic heterocycles. The van der Waals surface area contributed by atoms with Crippen LogP contribution in [0.25, 0.3) is 21.9 Å². The average Bonchev–Trinajstić information content (AvgIpc) is 3.54. The van der Waals surface area contributed by atoms with Gasteiger partial charge in [0, 0.05) is 82.1 Å². The van der Waals surface area contributed by atoms with Crippen LogP contribution in [0.3, 0.4) is 0 Å². The predicted molar refractivity (Wildman–Crippen MR) is 186 cm³/mol. The number of benzene rings is 2. The van der Waals surface area contributed by atoms with Crippen molar-refractivity contribution < 1.29 is 23.8 Å². The van der Waals surface area contributed by atoms with Gasteiger partial charge in [0.05, 0.1) is 37.9 Å². The molecule has 2 aliphatic heterocycles. The number of carbonyl (C=O) groups is 2. The molecule has 2 bridgehead atoms. The van der Waals surface area contributed by atoms with Gasteiger partial charge in [-0.3, -0.25) is 14.5 Å². The number of anilines is 1. The van der Waals surface area contributed by atoms with E-state index in [4.69, 9.17) is 19.2 Å². The van der Waals surface area contributed by atoms with Gasteiger partial charge >= 0.3 is 0 Å². The summed E-state index contributed by atoms with van der Waals surface area (Å²) in [6.45, 7) is 7.38. The predicted octanol–water partition coefficient (Wildman–Crippen LogP) is 4.16. The Hall–Kier alpha value is -4.58. The molecule has 6 rings (SSSR count). The van der Waals surface area contributed by atoms with E-state index in [9.17, 15) is 9.59 Å². The molecule has 4 heterocycles. The van der Waals surface area contributed by atoms with Gasteiger partial charge in [0.2, 0.25) is 17.6 Å². The molecule has 0 spiro atoms. The number of fused-ring (bicyclic) bond motifs is 6. The molecule has 256 valence electrons. The van der Waals surface area contributed by atoms with Crippen LogP contribution in [0.4, 0.5) is 5.82 Å². The minimum Gasteiger partial charge on any atom is -0.493 e. The number of H-pyrrole nitrogens is 1. The molecule has 0 aliphatic carbocycles. The lowest BCUT2D eigenvalue weighted by Crippen LogP contribution is -2.42. The molecule has 2 amide bonds. The molecule has 12 heteroatoms. The first-order valence-electron chi connectivity index (χ1n) is 17.0. The maximum atomic E-state index is 13.6. The molecule has 2 aromatic carbocycles. The van der Waals surface area contributed by atoms with E-state index in [2.05, 4.69) is 38.1 Å². The van der Waals surface area contributed by atoms with Crippen molar-refractivity contribution >= 4 is 39.6 Å². The van der Waals surface area contributed by atoms with Gasteiger partial charge in [0.25, 0.3) is 0 Å². The molecular formula is C36H47N7O5. The second-order valence-electron chi connectivity index (χ2n) is 12.6. The van der Waals surface area contributed by atoms with E-state index in [1.54, 1.807) is 21.3 Å². The van der Waals surface area contributed by atoms with Crippen LogP contribution >= 0.6 is 0 Å². The third kappa shape index (κ3) is 7.28. The van der Waals surface area contributed by atoms with Gasteiger partial charge in [-0.1, -0.05) is 19.1 Å². The van der Waals surface area contributed by atoms with Gasteiger partial charge in [0.15, 0.2) is 11.5 Å². The normalized spacial score (nSPS) is 18.2. The van der Waals surface area contributed by atoms with Crippen LogP contribution in [0.2, 0.25) is 0 Å². The highest BCUT2D eigenvalue weighted by atomic mass is 16.5. The fourth-order valence-electron chi connectivity index (χ4n) is 6.94. The Morgan fingerprint density at radius 3 is 2.58 bits per heavy atom. The van der Waals surface area contributed by atoms with Crippen molar-refractivity contribution in [3.8, 4) is 17.2 Å². The van der Waals surface area contributed by atoms with Crippen molar-refractivity contribution in [2.75, 3.05) is 72.0 Å². The Morgan fingerprint density at radius 2 is 1.81 bits per heavy atom. The number of piperidine rings is 1. The number of aryl methyl sites for hydroxylation is 1. The van der Waals surface area contributed by atoms with Crippen molar-refractivity contribution in [2.24, 2.45) is 5.92 Å². The van der Waals surface area contributed by atoms with E-state index in [0.717, 1.165) is 71.6 Å². The third-order valence-electron chi connectivity index (χ3n) is 9.59. The van der Waals surface area contributed by atoms with Gasteiger partial charge in [-0.05, 0) is 43.5 Å². The number of nitrogens with one attached hydrogen (secondary N) is 2. The van der Waals surface area contributed by atoms with Crippen LogP contribution in [-0.2, 0) is 22.6 Å². The highest BCUT2D eigenvalue weighted by Gasteiger charge is 2.27. The smallest absolute Gasteiger partial charge is 0.223 e. The van der Waals surface area contributed by atoms with Crippen LogP contribution in [0, 0.1) is 5.92 Å². The number of hydrogen-bond acceptors (Lipinski definition) is 9. The lowest BCUT2D eigenvalue weighted by atomic mass is 9.97. The zero-order valence-corrected chi connectivity index (χ0v) is 28.5. The van der Waals surface area contributed by atoms with Crippen molar-refractivity contribution in [1.29, 1.82) is 0 Å². The van der Waals surface area contributed by atoms with E-state index < -0.39 is 0 Å². The first kappa shape index (κ1) is 33.3. The van der Waals surface area contributed by atoms with Crippen LogP contribution < -0.4 is 24.4 Å². The Labute approximate surface area is 281 Å². The molecule has 2 aliphatic rings. The molecule has 1 unspecified atom stereocenters. The SMILES string of the molecule is CCN1CCN(C(=O)CCc2nc3ccccc3[nH]2)CCC(=O)NCC2CCCN(C2)c2nc3cc(OC)c(OC)c(OC)c3cc2C1. The Kier molecular flexibility index (Phi) is 10.5. The van der Waals surface area contributed by atoms with Crippen molar-refractivity contribution in [2.45, 2.75) is 45.6 Å². The van der Waals surface area contributed by atoms with Gasteiger partial charge < -0.3 is 34.3 Å². The third-order valence-corrected chi connectivity index (χ3v) is 9.59. The molecule has 12 nitrogen and oxygen atoms in total. The summed E-state index contributed by atoms with van der Waals surface area (Å²) in [4.78, 5) is 46.4. The minimum absolute atomic E-state index is 0.0180. The number of hydrogen-bond donors (Lipinski definition) is 2. The van der Waals surface area contributed by atoms with E-state index in [1.165, 1.54) is 0 Å². The molecular weight excluding hydrogens is 610 g/mol. The second kappa shape index (κ2) is 15.1. The topological polar surface area (TPSA) is 125 Å². The maximum Gasteiger partial charge on any atom is 0.223 e. The molecule has 2 N–H and O–H groups in total. The van der Waals surface area contributed by atoms with Gasteiger partial charge in [-0.15, -0.1) is 0 Å². The van der Waals surface area contributed by atoms with Crippen LogP contribution in [0.15, 0.2) is 36.4 Å². The number of amides is 2. The van der Waals surface area contributed by atoms with Crippen molar-refractivity contribution in [3.05, 3.63) is 47.8 Å². The number of nitrogens with zero attached hydrogens (tertiary/aromatic N) is 5. The van der Waals surface area contributed by atoms with Crippen molar-refractivity contribution in [3.63, 3.8) is 0 Å². The summed E-state index contributed by atoms with van der Waals surface area (Å²) in [6, 6.07) is 11.9. The minimum atomic E-state index is -0.0258. The molecule has 0 saturated carbocycles. The lowest BCUT2D eigenvalue weighted by Gasteiger charge is -2.35. The first-order chi connectivity index (χ1) is 23.4. The number of para-hydroxylation sites is 2. The average molecular weight is 658 g/mol. The largest absolute Gasteiger partial charge is 0.493 e. The standard InChI is InChI=1S/C36H47N7O5/c1-5-41-17-18-42(33(45)13-12-31-38-27-10-6-7-11-28(27)39-31)16-14-32(44)37-21-24-9-8-15-43(22-24)36-25(23-41)19-26-29(40-36)20-30(46-2)35(48-4)34(26)47-3/h6-7,10-11,19-20,24H,5,8-9,12-18,21-23H2,1-4H3,(H,37,44)(H,38,39). The number of aromatic nitrogens is 3. The maximum absolute atomic E-state index is 13.6. The molecule has 0 radical (unpaired) electrons. The lowest BCUT2D eigenvalue weighted by molar-refractivity contribution is -0.132. The summed E-state index contributed by atoms with van der Waals surface area (Å²) < 4.78 is 17.2. The Morgan fingerprint density at radius 1 is 0.979 bits per heavy atom. The highest BCUT2D eigenvalue weighted by Crippen LogP contribution is 2.44. The Balaban J connectivity index is 1.29. The Bertz CT molecular complexity index is 1720. The fraction of sp³-hybridized carbons (Fsp3) is 0.500. The number of likely N-dealkylation sites (N-methyl/N-ethyl adjacent to an activating group) is 1. The van der Waals surface area contributed by atoms with Crippen LogP contribution in [0.5, 0.6) is 17.2 Å². The summed E-state index contributed by atoms with van der Waals surface area (Å²) in [5.74, 6) is 3.68. The van der Waals surface area contributed by atoms with Gasteiger partial charge in [-0.25, -0.2) is 9.97 Å². The molecule has 4 aromatic rings. The monoisotopic (exact) mass is 657 g/mol. The molecule has 48 heavy (non-hydrogen) atoms. The van der Waals surface area contributed by atoms with Crippen LogP contribution in [-0.4, -0.2) is 104 Å². The number of aromatic amines is 1. The number of imidazole rings is 1. The number of rotatable bonds is 7. The van der Waals surface area contributed by atoms with E-state index >= 15 is 0 Å². The van der Waals surface area contributed by atoms with Gasteiger partial charge in [0.1, 0.15) is 11.6 Å². The quantitative estimate of drug-likeness (QED) is 0.302. The molecule has 1 atom stereocenters. The van der Waals surface area contributed by atoms with Crippen LogP contribution in [0.1, 0.15) is 44.0 Å². The fourth-order valence-corrected chi connectivity index (χ4v) is 6.94. The molecule has 1 fully saturated rings. The van der Waals surface area contributed by atoms with Crippen molar-refractivity contribution in [1.82, 2.24) is 30.1 Å². The number of carbonyl (C=O) groups excluding carboxylic acids is 2. The highest BCUT2D eigenvalue weighted by molar-refractivity contribution is 5.92. The summed E-state index contributed by atoms with van der Waals surface area (Å²) in [5, 5.41) is 4.01. The summed E-state index contributed by atoms with van der Waals surface area (Å²) >= 11 is 0. The van der Waals surface area contributed by atoms with E-state index in [-0.39, 0.29) is 18.2 Å². The molecule has 1 saturated heterocycles. The summed E-state index contributed by atoms with van der Waals surface area (Å²) in [5.41, 5.74) is 3.70. The second-order valence-corrected chi connectivity index (χ2v) is 12.6. The van der Waals surface area contributed by atoms with E-state index in [1.807, 2.05) is 35.2 Å². The zero-order chi connectivity index (χ0) is 33.6.